The predicted octanol–water partition coefficient (Wildman–Crippen LogP) is 4.57. The second kappa shape index (κ2) is 7.80. The second-order valence-electron chi connectivity index (χ2n) is 6.79. The van der Waals surface area contributed by atoms with E-state index in [1.807, 2.05) is 0 Å². The lowest BCUT2D eigenvalue weighted by molar-refractivity contribution is -0.136. The first-order chi connectivity index (χ1) is 11.7. The molecule has 0 spiro atoms. The van der Waals surface area contributed by atoms with Crippen LogP contribution < -0.4 is 0 Å². The Hall–Kier alpha value is -1.87. The molecule has 3 nitrogen and oxygen atoms in total. The summed E-state index contributed by atoms with van der Waals surface area (Å²) in [6.45, 7) is 3.65. The third-order valence-corrected chi connectivity index (χ3v) is 5.13. The van der Waals surface area contributed by atoms with Crippen LogP contribution in [0.1, 0.15) is 44.2 Å². The average molecular weight is 325 g/mol. The van der Waals surface area contributed by atoms with E-state index in [1.165, 1.54) is 16.3 Å². The Bertz CT molecular complexity index is 692. The van der Waals surface area contributed by atoms with E-state index in [2.05, 4.69) is 54.3 Å². The highest BCUT2D eigenvalue weighted by molar-refractivity contribution is 5.87. The molecule has 1 heterocycles. The number of carbonyl (C=O) groups excluding carboxylic acids is 1. The van der Waals surface area contributed by atoms with E-state index in [0.29, 0.717) is 5.91 Å². The number of fused-ring (bicyclic) bond motifs is 1. The fraction of sp³-hybridized carbons (Fsp3) is 0.476. The lowest BCUT2D eigenvalue weighted by atomic mass is 9.96. The Morgan fingerprint density at radius 1 is 1.25 bits per heavy atom. The van der Waals surface area contributed by atoms with Gasteiger partial charge < -0.3 is 9.64 Å². The molecule has 0 N–H and O–H groups in total. The maximum absolute atomic E-state index is 12.9. The van der Waals surface area contributed by atoms with Crippen LogP contribution in [-0.2, 0) is 9.53 Å². The highest BCUT2D eigenvalue weighted by Crippen LogP contribution is 2.37. The van der Waals surface area contributed by atoms with Crippen molar-refractivity contribution in [3.63, 3.8) is 0 Å². The van der Waals surface area contributed by atoms with Crippen LogP contribution in [0.4, 0.5) is 0 Å². The van der Waals surface area contributed by atoms with Gasteiger partial charge in [-0.05, 0) is 42.0 Å². The lowest BCUT2D eigenvalue weighted by Crippen LogP contribution is -2.35. The molecule has 1 amide bonds. The summed E-state index contributed by atoms with van der Waals surface area (Å²) in [5.74, 6) is 0.359. The molecule has 2 aromatic rings. The summed E-state index contributed by atoms with van der Waals surface area (Å²) < 4.78 is 5.11. The van der Waals surface area contributed by atoms with Crippen LogP contribution in [0.15, 0.2) is 42.5 Å². The number of methoxy groups -OCH3 is 1. The van der Waals surface area contributed by atoms with Gasteiger partial charge in [-0.1, -0.05) is 49.4 Å². The molecule has 0 aromatic heterocycles. The fourth-order valence-electron chi connectivity index (χ4n) is 3.84. The molecule has 0 bridgehead atoms. The normalized spacial score (nSPS) is 18.9. The average Bonchev–Trinajstić information content (AvgIpc) is 3.10. The monoisotopic (exact) mass is 325 g/mol. The van der Waals surface area contributed by atoms with E-state index < -0.39 is 0 Å². The van der Waals surface area contributed by atoms with Gasteiger partial charge in [0.25, 0.3) is 0 Å². The van der Waals surface area contributed by atoms with Crippen molar-refractivity contribution in [2.75, 3.05) is 20.3 Å². The Kier molecular flexibility index (Phi) is 5.52. The number of rotatable bonds is 6. The van der Waals surface area contributed by atoms with Gasteiger partial charge in [-0.3, -0.25) is 4.79 Å². The van der Waals surface area contributed by atoms with E-state index in [0.717, 1.165) is 38.8 Å². The topological polar surface area (TPSA) is 29.5 Å². The van der Waals surface area contributed by atoms with Crippen molar-refractivity contribution in [1.82, 2.24) is 4.90 Å². The van der Waals surface area contributed by atoms with Gasteiger partial charge in [0.05, 0.1) is 6.04 Å². The molecule has 0 aliphatic carbocycles. The zero-order chi connectivity index (χ0) is 16.9. The van der Waals surface area contributed by atoms with E-state index in [1.54, 1.807) is 7.11 Å². The molecule has 3 heteroatoms. The molecule has 1 aliphatic rings. The number of nitrogens with zero attached hydrogens (tertiary/aromatic N) is 1. The molecule has 1 saturated heterocycles. The summed E-state index contributed by atoms with van der Waals surface area (Å²) in [6, 6.07) is 15.1. The van der Waals surface area contributed by atoms with Crippen LogP contribution in [0.5, 0.6) is 0 Å². The van der Waals surface area contributed by atoms with Crippen LogP contribution in [0, 0.1) is 5.92 Å². The van der Waals surface area contributed by atoms with Crippen LogP contribution >= 0.6 is 0 Å². The summed E-state index contributed by atoms with van der Waals surface area (Å²) >= 11 is 0. The maximum Gasteiger partial charge on any atom is 0.225 e. The molecular weight excluding hydrogens is 298 g/mol. The molecule has 1 fully saturated rings. The van der Waals surface area contributed by atoms with Crippen molar-refractivity contribution in [1.29, 1.82) is 0 Å². The third kappa shape index (κ3) is 3.46. The van der Waals surface area contributed by atoms with Crippen LogP contribution in [0.25, 0.3) is 10.8 Å². The van der Waals surface area contributed by atoms with Crippen LogP contribution in [0.3, 0.4) is 0 Å². The Morgan fingerprint density at radius 2 is 2.04 bits per heavy atom. The van der Waals surface area contributed by atoms with Crippen molar-refractivity contribution in [2.24, 2.45) is 5.92 Å². The highest BCUT2D eigenvalue weighted by atomic mass is 16.5. The molecule has 0 saturated carbocycles. The summed E-state index contributed by atoms with van der Waals surface area (Å²) in [5, 5.41) is 2.53. The van der Waals surface area contributed by atoms with Crippen molar-refractivity contribution in [3.8, 4) is 0 Å². The fourth-order valence-corrected chi connectivity index (χ4v) is 3.84. The highest BCUT2D eigenvalue weighted by Gasteiger charge is 2.32. The van der Waals surface area contributed by atoms with Crippen molar-refractivity contribution in [2.45, 2.75) is 38.6 Å². The van der Waals surface area contributed by atoms with Gasteiger partial charge in [0, 0.05) is 26.2 Å². The van der Waals surface area contributed by atoms with Gasteiger partial charge >= 0.3 is 0 Å². The first kappa shape index (κ1) is 17.0. The van der Waals surface area contributed by atoms with E-state index in [4.69, 9.17) is 4.74 Å². The first-order valence-corrected chi connectivity index (χ1v) is 8.99. The Balaban J connectivity index is 1.81. The molecule has 24 heavy (non-hydrogen) atoms. The van der Waals surface area contributed by atoms with E-state index in [-0.39, 0.29) is 12.0 Å². The maximum atomic E-state index is 12.9. The van der Waals surface area contributed by atoms with Gasteiger partial charge in [-0.2, -0.15) is 0 Å². The van der Waals surface area contributed by atoms with Crippen molar-refractivity contribution >= 4 is 16.7 Å². The number of hydrogen-bond donors (Lipinski definition) is 0. The van der Waals surface area contributed by atoms with Crippen molar-refractivity contribution < 1.29 is 9.53 Å². The molecule has 2 atom stereocenters. The quantitative estimate of drug-likeness (QED) is 0.728. The summed E-state index contributed by atoms with van der Waals surface area (Å²) in [4.78, 5) is 15.1. The minimum absolute atomic E-state index is 0.0655. The molecule has 2 aromatic carbocycles. The number of amides is 1. The van der Waals surface area contributed by atoms with Gasteiger partial charge in [0.2, 0.25) is 5.91 Å². The smallest absolute Gasteiger partial charge is 0.225 e. The van der Waals surface area contributed by atoms with Crippen LogP contribution in [-0.4, -0.2) is 31.1 Å². The lowest BCUT2D eigenvalue weighted by Gasteiger charge is -2.28. The van der Waals surface area contributed by atoms with E-state index >= 15 is 0 Å². The molecular formula is C21H27NO2. The molecule has 128 valence electrons. The number of benzene rings is 2. The van der Waals surface area contributed by atoms with Gasteiger partial charge in [-0.25, -0.2) is 0 Å². The zero-order valence-corrected chi connectivity index (χ0v) is 14.7. The number of likely N-dealkylation sites (tertiary alicyclic amines) is 1. The van der Waals surface area contributed by atoms with Crippen molar-refractivity contribution in [3.05, 3.63) is 48.0 Å². The molecule has 1 aliphatic heterocycles. The number of ether oxygens (including phenoxy) is 1. The molecule has 0 unspecified atom stereocenters. The number of carbonyl (C=O) groups is 1. The minimum atomic E-state index is 0.0655. The molecule has 0 radical (unpaired) electrons. The predicted molar refractivity (Wildman–Crippen MR) is 97.9 cm³/mol. The zero-order valence-electron chi connectivity index (χ0n) is 14.7. The van der Waals surface area contributed by atoms with Gasteiger partial charge in [-0.15, -0.1) is 0 Å². The number of hydrogen-bond acceptors (Lipinski definition) is 2. The van der Waals surface area contributed by atoms with Gasteiger partial charge in [0.1, 0.15) is 0 Å². The first-order valence-electron chi connectivity index (χ1n) is 8.99. The van der Waals surface area contributed by atoms with E-state index in [9.17, 15) is 4.79 Å². The van der Waals surface area contributed by atoms with Crippen LogP contribution in [0.2, 0.25) is 0 Å². The largest absolute Gasteiger partial charge is 0.385 e. The Labute approximate surface area is 144 Å². The second-order valence-corrected chi connectivity index (χ2v) is 6.79. The summed E-state index contributed by atoms with van der Waals surface area (Å²) in [5.41, 5.74) is 1.29. The van der Waals surface area contributed by atoms with Gasteiger partial charge in [0.15, 0.2) is 0 Å². The minimum Gasteiger partial charge on any atom is -0.385 e. The third-order valence-electron chi connectivity index (χ3n) is 5.13. The SMILES string of the molecule is COCCC[C@H](C)C(=O)N1CCC[C@@H]1c1cccc2ccccc12. The summed E-state index contributed by atoms with van der Waals surface area (Å²) in [7, 11) is 1.71. The summed E-state index contributed by atoms with van der Waals surface area (Å²) in [6.07, 6.45) is 3.98. The Morgan fingerprint density at radius 3 is 2.88 bits per heavy atom. The standard InChI is InChI=1S/C21H27NO2/c1-16(8-7-15-24-2)21(23)22-14-6-13-20(22)19-12-5-10-17-9-3-4-11-18(17)19/h3-5,9-12,16,20H,6-8,13-15H2,1-2H3/t16-,20+/m0/s1. The molecule has 3 rings (SSSR count).